The van der Waals surface area contributed by atoms with Crippen molar-refractivity contribution >= 4 is 29.1 Å². The summed E-state index contributed by atoms with van der Waals surface area (Å²) in [5.41, 5.74) is -0.186. The third kappa shape index (κ3) is 3.70. The van der Waals surface area contributed by atoms with Gasteiger partial charge in [-0.1, -0.05) is 29.3 Å². The molecule has 2 unspecified atom stereocenters. The average Bonchev–Trinajstić information content (AvgIpc) is 2.70. The number of nitrogens with zero attached hydrogens (tertiary/aromatic N) is 1. The summed E-state index contributed by atoms with van der Waals surface area (Å²) < 4.78 is 13.7. The van der Waals surface area contributed by atoms with Crippen LogP contribution in [0.15, 0.2) is 53.4 Å². The molecule has 0 aliphatic heterocycles. The standard InChI is InChI=1S/C19H22Cl2N2O5/c1-27-19(23-9-3-2-4-10-23)16(20)11-13(17(25)22-26)12-18(19,21)28-15-7-5-14(24)6-8-15/h2-4,9-12,14-15,24H,5-8H2,1H3,(H-,22,25,26). The summed E-state index contributed by atoms with van der Waals surface area (Å²) in [5.74, 6) is -0.881. The molecule has 9 heteroatoms. The highest BCUT2D eigenvalue weighted by Gasteiger charge is 2.65. The minimum atomic E-state index is -1.71. The Labute approximate surface area is 173 Å². The maximum absolute atomic E-state index is 12.0. The Balaban J connectivity index is 2.09. The summed E-state index contributed by atoms with van der Waals surface area (Å²) >= 11 is 13.6. The van der Waals surface area contributed by atoms with Crippen LogP contribution in [0.25, 0.3) is 0 Å². The van der Waals surface area contributed by atoms with Crippen LogP contribution in [-0.4, -0.2) is 35.4 Å². The Hall–Kier alpha value is -1.48. The zero-order valence-corrected chi connectivity index (χ0v) is 16.8. The summed E-state index contributed by atoms with van der Waals surface area (Å²) in [6.07, 6.45) is 7.82. The van der Waals surface area contributed by atoms with Gasteiger partial charge < -0.3 is 25.3 Å². The Kier molecular flexibility index (Phi) is 6.44. The number of carbonyl (C=O) groups excluding carboxylic acids is 1. The molecule has 0 bridgehead atoms. The second kappa shape index (κ2) is 8.49. The van der Waals surface area contributed by atoms with E-state index in [-0.39, 0.29) is 22.8 Å². The fourth-order valence-electron chi connectivity index (χ4n) is 3.70. The fourth-order valence-corrected chi connectivity index (χ4v) is 4.70. The van der Waals surface area contributed by atoms with E-state index in [4.69, 9.17) is 32.7 Å². The Morgan fingerprint density at radius 2 is 1.93 bits per heavy atom. The van der Waals surface area contributed by atoms with E-state index in [2.05, 4.69) is 0 Å². The molecule has 1 aromatic heterocycles. The summed E-state index contributed by atoms with van der Waals surface area (Å²) in [6.45, 7) is 0. The molecule has 2 aliphatic rings. The van der Waals surface area contributed by atoms with E-state index in [9.17, 15) is 15.1 Å². The van der Waals surface area contributed by atoms with Crippen LogP contribution in [0.1, 0.15) is 25.7 Å². The van der Waals surface area contributed by atoms with E-state index >= 15 is 0 Å². The van der Waals surface area contributed by atoms with Gasteiger partial charge in [-0.25, -0.2) is 0 Å². The van der Waals surface area contributed by atoms with Crippen molar-refractivity contribution in [2.45, 2.75) is 48.7 Å². The molecule has 28 heavy (non-hydrogen) atoms. The number of hydroxylamine groups is 1. The monoisotopic (exact) mass is 428 g/mol. The van der Waals surface area contributed by atoms with Crippen molar-refractivity contribution in [1.82, 2.24) is 5.48 Å². The predicted octanol–water partition coefficient (Wildman–Crippen LogP) is 2.21. The molecule has 152 valence electrons. The van der Waals surface area contributed by atoms with Gasteiger partial charge in [-0.05, 0) is 37.8 Å². The van der Waals surface area contributed by atoms with Gasteiger partial charge in [0.1, 0.15) is 5.03 Å². The van der Waals surface area contributed by atoms with Crippen LogP contribution in [0.3, 0.4) is 0 Å². The van der Waals surface area contributed by atoms with E-state index < -0.39 is 16.7 Å². The van der Waals surface area contributed by atoms with E-state index in [0.29, 0.717) is 25.7 Å². The molecular weight excluding hydrogens is 407 g/mol. The van der Waals surface area contributed by atoms with Gasteiger partial charge in [0, 0.05) is 24.8 Å². The van der Waals surface area contributed by atoms with Crippen LogP contribution in [0.5, 0.6) is 0 Å². The molecule has 2 N–H and O–H groups in total. The van der Waals surface area contributed by atoms with Gasteiger partial charge in [0.15, 0.2) is 12.4 Å². The summed E-state index contributed by atoms with van der Waals surface area (Å²) in [6, 6.07) is 5.39. The lowest BCUT2D eigenvalue weighted by Gasteiger charge is -2.43. The molecule has 2 atom stereocenters. The number of nitrogens with one attached hydrogen (secondary N) is 1. The largest absolute Gasteiger partial charge is 0.759 e. The number of hydrogen-bond acceptors (Lipinski definition) is 5. The first-order valence-electron chi connectivity index (χ1n) is 8.96. The number of rotatable bonds is 5. The van der Waals surface area contributed by atoms with Gasteiger partial charge in [-0.2, -0.15) is 4.57 Å². The molecule has 1 saturated carbocycles. The number of aliphatic hydroxyl groups is 1. The number of hydrogen-bond donors (Lipinski definition) is 2. The second-order valence-corrected chi connectivity index (χ2v) is 7.82. The summed E-state index contributed by atoms with van der Waals surface area (Å²) in [7, 11) is 1.44. The SMILES string of the molecule is COC1([n+]2ccccc2)C(Cl)=CC(C(=O)N[O-])=CC1(Cl)OC1CCC(O)CC1. The number of methoxy groups -OCH3 is 1. The van der Waals surface area contributed by atoms with Gasteiger partial charge in [-0.3, -0.25) is 4.79 Å². The van der Waals surface area contributed by atoms with Crippen LogP contribution in [-0.2, 0) is 20.0 Å². The molecule has 1 amide bonds. The van der Waals surface area contributed by atoms with Crippen molar-refractivity contribution in [3.05, 3.63) is 58.6 Å². The highest BCUT2D eigenvalue weighted by molar-refractivity contribution is 6.33. The number of amides is 1. The number of halogens is 2. The molecular formula is C19H22Cl2N2O5. The number of aliphatic hydroxyl groups excluding tert-OH is 1. The van der Waals surface area contributed by atoms with Gasteiger partial charge in [0.25, 0.3) is 5.06 Å². The third-order valence-electron chi connectivity index (χ3n) is 5.12. The van der Waals surface area contributed by atoms with Crippen LogP contribution >= 0.6 is 23.2 Å². The molecule has 0 radical (unpaired) electrons. The Bertz CT molecular complexity index is 780. The number of pyridine rings is 1. The van der Waals surface area contributed by atoms with E-state index in [1.54, 1.807) is 29.1 Å². The Morgan fingerprint density at radius 3 is 2.50 bits per heavy atom. The summed E-state index contributed by atoms with van der Waals surface area (Å²) in [4.78, 5) is 12.0. The normalized spacial score (nSPS) is 33.0. The van der Waals surface area contributed by atoms with Crippen molar-refractivity contribution in [2.75, 3.05) is 7.11 Å². The van der Waals surface area contributed by atoms with Gasteiger partial charge in [-0.15, -0.1) is 0 Å². The number of aromatic nitrogens is 1. The smallest absolute Gasteiger partial charge is 0.357 e. The Morgan fingerprint density at radius 1 is 1.29 bits per heavy atom. The van der Waals surface area contributed by atoms with Crippen molar-refractivity contribution < 1.29 is 23.9 Å². The zero-order chi connectivity index (χ0) is 20.4. The zero-order valence-electron chi connectivity index (χ0n) is 15.3. The van der Waals surface area contributed by atoms with Gasteiger partial charge in [0.05, 0.1) is 12.2 Å². The lowest BCUT2D eigenvalue weighted by atomic mass is 9.91. The topological polar surface area (TPSA) is 94.7 Å². The maximum atomic E-state index is 12.0. The van der Waals surface area contributed by atoms with E-state index in [0.717, 1.165) is 0 Å². The lowest BCUT2D eigenvalue weighted by Crippen LogP contribution is -2.70. The molecule has 1 heterocycles. The molecule has 7 nitrogen and oxygen atoms in total. The number of alkyl halides is 1. The first kappa shape index (κ1) is 21.2. The van der Waals surface area contributed by atoms with Crippen LogP contribution in [0.2, 0.25) is 0 Å². The van der Waals surface area contributed by atoms with Gasteiger partial charge in [0.2, 0.25) is 5.91 Å². The highest BCUT2D eigenvalue weighted by atomic mass is 35.5. The molecule has 0 spiro atoms. The molecule has 3 rings (SSSR count). The van der Waals surface area contributed by atoms with E-state index in [1.807, 2.05) is 6.07 Å². The third-order valence-corrected chi connectivity index (χ3v) is 5.94. The van der Waals surface area contributed by atoms with Crippen LogP contribution < -0.4 is 10.0 Å². The molecule has 2 aliphatic carbocycles. The summed E-state index contributed by atoms with van der Waals surface area (Å²) in [5, 5.41) is 19.0. The first-order chi connectivity index (χ1) is 13.4. The van der Waals surface area contributed by atoms with Crippen molar-refractivity contribution in [2.24, 2.45) is 0 Å². The van der Waals surface area contributed by atoms with Crippen LogP contribution in [0.4, 0.5) is 0 Å². The highest BCUT2D eigenvalue weighted by Crippen LogP contribution is 2.48. The lowest BCUT2D eigenvalue weighted by molar-refractivity contribution is -0.807. The maximum Gasteiger partial charge on any atom is 0.357 e. The second-order valence-electron chi connectivity index (χ2n) is 6.85. The van der Waals surface area contributed by atoms with Crippen LogP contribution in [0, 0.1) is 5.21 Å². The first-order valence-corrected chi connectivity index (χ1v) is 9.71. The van der Waals surface area contributed by atoms with Gasteiger partial charge >= 0.3 is 5.72 Å². The average molecular weight is 429 g/mol. The minimum Gasteiger partial charge on any atom is -0.759 e. The van der Waals surface area contributed by atoms with E-state index in [1.165, 1.54) is 24.7 Å². The molecule has 0 aromatic carbocycles. The van der Waals surface area contributed by atoms with Crippen molar-refractivity contribution in [3.63, 3.8) is 0 Å². The van der Waals surface area contributed by atoms with Crippen molar-refractivity contribution in [3.8, 4) is 0 Å². The fraction of sp³-hybridized carbons (Fsp3) is 0.474. The minimum absolute atomic E-state index is 0.0185. The molecule has 1 aromatic rings. The molecule has 0 saturated heterocycles. The van der Waals surface area contributed by atoms with Crippen molar-refractivity contribution in [1.29, 1.82) is 0 Å². The number of ether oxygens (including phenoxy) is 2. The quantitative estimate of drug-likeness (QED) is 0.425. The molecule has 1 fully saturated rings. The predicted molar refractivity (Wildman–Crippen MR) is 103 cm³/mol. The number of carbonyl (C=O) groups is 1.